The number of sulfonamides is 2. The molecule has 4 rings (SSSR count). The number of nitrogens with one attached hydrogen (secondary N) is 2. The van der Waals surface area contributed by atoms with Crippen molar-refractivity contribution in [3.05, 3.63) is 113 Å². The minimum atomic E-state index is -4.11. The van der Waals surface area contributed by atoms with Crippen LogP contribution in [0.5, 0.6) is 0 Å². The summed E-state index contributed by atoms with van der Waals surface area (Å²) in [5.74, 6) is -0.625. The summed E-state index contributed by atoms with van der Waals surface area (Å²) in [7, 11) is -7.98. The smallest absolute Gasteiger partial charge is 0.264 e. The fraction of sp³-hybridized carbons (Fsp3) is 0.138. The number of rotatable bonds is 9. The largest absolute Gasteiger partial charge is 0.325 e. The van der Waals surface area contributed by atoms with Gasteiger partial charge in [-0.1, -0.05) is 47.5 Å². The summed E-state index contributed by atoms with van der Waals surface area (Å²) in [6.45, 7) is 4.98. The number of aryl methyl sites for hydroxylation is 3. The molecule has 0 aliphatic heterocycles. The summed E-state index contributed by atoms with van der Waals surface area (Å²) in [6, 6.07) is 23.6. The van der Waals surface area contributed by atoms with Gasteiger partial charge in [-0.15, -0.1) is 0 Å². The maximum atomic E-state index is 13.5. The SMILES string of the molecule is Cc1ccc(S(=O)(=O)N(CC(=O)Nc2ccc(S(=O)(=O)Nc3cc(C)ccc3C)cc2)c2cccc(Cl)c2)cc1. The van der Waals surface area contributed by atoms with Gasteiger partial charge in [-0.2, -0.15) is 0 Å². The summed E-state index contributed by atoms with van der Waals surface area (Å²) in [6.07, 6.45) is 0. The quantitative estimate of drug-likeness (QED) is 0.249. The summed E-state index contributed by atoms with van der Waals surface area (Å²) in [5.41, 5.74) is 3.59. The van der Waals surface area contributed by atoms with Crippen LogP contribution >= 0.6 is 11.6 Å². The molecule has 0 fully saturated rings. The predicted octanol–water partition coefficient (Wildman–Crippen LogP) is 5.90. The van der Waals surface area contributed by atoms with Gasteiger partial charge < -0.3 is 5.32 Å². The number of nitrogens with zero attached hydrogens (tertiary/aromatic N) is 1. The van der Waals surface area contributed by atoms with Gasteiger partial charge in [0.25, 0.3) is 20.0 Å². The third-order valence-corrected chi connectivity index (χ3v) is 9.48. The van der Waals surface area contributed by atoms with E-state index in [0.717, 1.165) is 21.0 Å². The van der Waals surface area contributed by atoms with Gasteiger partial charge in [-0.25, -0.2) is 16.8 Å². The van der Waals surface area contributed by atoms with Crippen molar-refractivity contribution in [3.63, 3.8) is 0 Å². The normalized spacial score (nSPS) is 11.6. The van der Waals surface area contributed by atoms with E-state index in [1.807, 2.05) is 32.9 Å². The van der Waals surface area contributed by atoms with Crippen molar-refractivity contribution in [1.29, 1.82) is 0 Å². The molecule has 0 aromatic heterocycles. The van der Waals surface area contributed by atoms with Crippen LogP contribution in [-0.4, -0.2) is 29.3 Å². The molecule has 0 bridgehead atoms. The Kier molecular flexibility index (Phi) is 8.53. The second-order valence-corrected chi connectivity index (χ2v) is 13.3. The molecule has 0 aliphatic carbocycles. The van der Waals surface area contributed by atoms with Crippen LogP contribution in [0.4, 0.5) is 17.1 Å². The van der Waals surface area contributed by atoms with Gasteiger partial charge >= 0.3 is 0 Å². The van der Waals surface area contributed by atoms with Crippen LogP contribution in [0.3, 0.4) is 0 Å². The van der Waals surface area contributed by atoms with Crippen molar-refractivity contribution in [2.75, 3.05) is 20.9 Å². The van der Waals surface area contributed by atoms with Gasteiger partial charge in [0, 0.05) is 10.7 Å². The van der Waals surface area contributed by atoms with E-state index < -0.39 is 32.5 Å². The summed E-state index contributed by atoms with van der Waals surface area (Å²) in [5, 5.41) is 2.95. The lowest BCUT2D eigenvalue weighted by atomic mass is 10.1. The molecule has 0 spiro atoms. The first-order valence-electron chi connectivity index (χ1n) is 12.2. The highest BCUT2D eigenvalue weighted by Gasteiger charge is 2.27. The monoisotopic (exact) mass is 597 g/mol. The Labute approximate surface area is 239 Å². The molecule has 0 radical (unpaired) electrons. The highest BCUT2D eigenvalue weighted by atomic mass is 35.5. The van der Waals surface area contributed by atoms with E-state index in [9.17, 15) is 21.6 Å². The average Bonchev–Trinajstić information content (AvgIpc) is 2.90. The molecular weight excluding hydrogens is 570 g/mol. The van der Waals surface area contributed by atoms with Crippen LogP contribution in [0.25, 0.3) is 0 Å². The molecule has 4 aromatic carbocycles. The standard InChI is InChI=1S/C29H28ClN3O5S2/c1-20-8-13-27(14-9-20)40(37,38)33(25-6-4-5-23(30)18-25)19-29(34)31-24-11-15-26(16-12-24)39(35,36)32-28-17-21(2)7-10-22(28)3/h4-18,32H,19H2,1-3H3,(H,31,34). The van der Waals surface area contributed by atoms with Crippen LogP contribution in [0, 0.1) is 20.8 Å². The first kappa shape index (κ1) is 29.1. The Hall–Kier alpha value is -3.86. The number of amides is 1. The Bertz CT molecular complexity index is 1760. The fourth-order valence-electron chi connectivity index (χ4n) is 3.88. The molecule has 0 atom stereocenters. The minimum absolute atomic E-state index is 0.00825. The lowest BCUT2D eigenvalue weighted by molar-refractivity contribution is -0.114. The number of benzene rings is 4. The molecule has 0 heterocycles. The molecule has 0 saturated carbocycles. The van der Waals surface area contributed by atoms with Gasteiger partial charge in [0.15, 0.2) is 0 Å². The average molecular weight is 598 g/mol. The third kappa shape index (κ3) is 6.82. The first-order valence-corrected chi connectivity index (χ1v) is 15.5. The second-order valence-electron chi connectivity index (χ2n) is 9.30. The topological polar surface area (TPSA) is 113 Å². The van der Waals surface area contributed by atoms with Gasteiger partial charge in [-0.05, 0) is 92.6 Å². The number of hydrogen-bond donors (Lipinski definition) is 2. The molecule has 8 nitrogen and oxygen atoms in total. The molecule has 4 aromatic rings. The maximum Gasteiger partial charge on any atom is 0.264 e. The van der Waals surface area contributed by atoms with E-state index >= 15 is 0 Å². The molecule has 0 aliphatic rings. The number of carbonyl (C=O) groups is 1. The van der Waals surface area contributed by atoms with Gasteiger partial charge in [0.2, 0.25) is 5.91 Å². The Morgan fingerprint density at radius 1 is 0.775 bits per heavy atom. The van der Waals surface area contributed by atoms with E-state index in [1.165, 1.54) is 42.5 Å². The van der Waals surface area contributed by atoms with E-state index in [-0.39, 0.29) is 15.5 Å². The van der Waals surface area contributed by atoms with Crippen LogP contribution in [0.15, 0.2) is 101 Å². The molecule has 1 amide bonds. The van der Waals surface area contributed by atoms with Gasteiger partial charge in [-0.3, -0.25) is 13.8 Å². The lowest BCUT2D eigenvalue weighted by Crippen LogP contribution is -2.38. The van der Waals surface area contributed by atoms with E-state index in [1.54, 1.807) is 36.4 Å². The van der Waals surface area contributed by atoms with E-state index in [4.69, 9.17) is 11.6 Å². The molecular formula is C29H28ClN3O5S2. The maximum absolute atomic E-state index is 13.5. The zero-order chi connectivity index (χ0) is 29.1. The molecule has 208 valence electrons. The van der Waals surface area contributed by atoms with Crippen LogP contribution < -0.4 is 14.3 Å². The predicted molar refractivity (Wildman–Crippen MR) is 159 cm³/mol. The van der Waals surface area contributed by atoms with Crippen molar-refractivity contribution in [2.24, 2.45) is 0 Å². The lowest BCUT2D eigenvalue weighted by Gasteiger charge is -2.24. The van der Waals surface area contributed by atoms with Gasteiger partial charge in [0.05, 0.1) is 21.2 Å². The molecule has 11 heteroatoms. The number of halogens is 1. The van der Waals surface area contributed by atoms with Crippen LogP contribution in [-0.2, 0) is 24.8 Å². The second kappa shape index (κ2) is 11.7. The highest BCUT2D eigenvalue weighted by Crippen LogP contribution is 2.27. The Morgan fingerprint density at radius 3 is 2.05 bits per heavy atom. The van der Waals surface area contributed by atoms with Gasteiger partial charge in [0.1, 0.15) is 6.54 Å². The van der Waals surface area contributed by atoms with Crippen molar-refractivity contribution in [2.45, 2.75) is 30.6 Å². The number of carbonyl (C=O) groups excluding carboxylic acids is 1. The molecule has 0 unspecified atom stereocenters. The summed E-state index contributed by atoms with van der Waals surface area (Å²) < 4.78 is 56.4. The number of hydrogen-bond acceptors (Lipinski definition) is 5. The van der Waals surface area contributed by atoms with E-state index in [2.05, 4.69) is 10.0 Å². The van der Waals surface area contributed by atoms with Crippen LogP contribution in [0.1, 0.15) is 16.7 Å². The van der Waals surface area contributed by atoms with Crippen molar-refractivity contribution < 1.29 is 21.6 Å². The zero-order valence-corrected chi connectivity index (χ0v) is 24.4. The molecule has 2 N–H and O–H groups in total. The Morgan fingerprint density at radius 2 is 1.40 bits per heavy atom. The van der Waals surface area contributed by atoms with Crippen molar-refractivity contribution >= 4 is 54.6 Å². The molecule has 0 saturated heterocycles. The van der Waals surface area contributed by atoms with Crippen molar-refractivity contribution in [3.8, 4) is 0 Å². The zero-order valence-electron chi connectivity index (χ0n) is 22.1. The Balaban J connectivity index is 1.54. The highest BCUT2D eigenvalue weighted by molar-refractivity contribution is 7.93. The fourth-order valence-corrected chi connectivity index (χ4v) is 6.60. The van der Waals surface area contributed by atoms with E-state index in [0.29, 0.717) is 16.4 Å². The molecule has 40 heavy (non-hydrogen) atoms. The minimum Gasteiger partial charge on any atom is -0.325 e. The summed E-state index contributed by atoms with van der Waals surface area (Å²) in [4.78, 5) is 13.1. The first-order chi connectivity index (χ1) is 18.8. The third-order valence-electron chi connectivity index (χ3n) is 6.08. The number of anilines is 3. The summed E-state index contributed by atoms with van der Waals surface area (Å²) >= 11 is 6.11. The van der Waals surface area contributed by atoms with Crippen molar-refractivity contribution in [1.82, 2.24) is 0 Å². The van der Waals surface area contributed by atoms with Crippen LogP contribution in [0.2, 0.25) is 5.02 Å².